The van der Waals surface area contributed by atoms with Crippen LogP contribution in [0.3, 0.4) is 0 Å². The van der Waals surface area contributed by atoms with Gasteiger partial charge < -0.3 is 24.9 Å². The number of hydrogen-bond donors (Lipinski definition) is 2. The normalized spacial score (nSPS) is 21.6. The Morgan fingerprint density at radius 1 is 1.20 bits per heavy atom. The number of hydrogen-bond acceptors (Lipinski definition) is 7. The first kappa shape index (κ1) is 24.4. The van der Waals surface area contributed by atoms with E-state index in [2.05, 4.69) is 27.2 Å². The number of benzene rings is 1. The highest BCUT2D eigenvalue weighted by molar-refractivity contribution is 6.30. The standard InChI is InChI=1S/C29H28BN7O3/c1-15-9-16(19-5-4-8-40-19)10-17-24-26(31)32-14-33-27(24)36(25(15)17)13-23(38)37-18(11-29(2)12-20(29)37)28(39)35-22-7-3-6-21(30)34-22/h3-10,14,18,20H,11-13,30H2,1-2H3,(H2,31,32,33)(H,34,35,39)/t18-,20+,29-/m0/s1. The van der Waals surface area contributed by atoms with Gasteiger partial charge >= 0.3 is 0 Å². The molecule has 0 radical (unpaired) electrons. The molecule has 40 heavy (non-hydrogen) atoms. The number of piperidine rings is 1. The predicted molar refractivity (Wildman–Crippen MR) is 155 cm³/mol. The van der Waals surface area contributed by atoms with Gasteiger partial charge in [-0.15, -0.1) is 0 Å². The second-order valence-electron chi connectivity index (χ2n) is 11.3. The number of carbonyl (C=O) groups excluding carboxylic acids is 2. The zero-order valence-electron chi connectivity index (χ0n) is 22.5. The number of anilines is 2. The second kappa shape index (κ2) is 8.67. The van der Waals surface area contributed by atoms with E-state index in [1.807, 2.05) is 55.7 Å². The van der Waals surface area contributed by atoms with E-state index in [4.69, 9.17) is 10.2 Å². The fraction of sp³-hybridized carbons (Fsp3) is 0.276. The van der Waals surface area contributed by atoms with E-state index in [1.54, 1.807) is 17.2 Å². The van der Waals surface area contributed by atoms with Gasteiger partial charge in [0.05, 0.1) is 17.2 Å². The van der Waals surface area contributed by atoms with Crippen molar-refractivity contribution in [1.82, 2.24) is 24.4 Å². The lowest BCUT2D eigenvalue weighted by atomic mass is 10.0. The molecule has 7 rings (SSSR count). The summed E-state index contributed by atoms with van der Waals surface area (Å²) in [4.78, 5) is 42.5. The van der Waals surface area contributed by atoms with Crippen LogP contribution in [0, 0.1) is 12.3 Å². The summed E-state index contributed by atoms with van der Waals surface area (Å²) in [7, 11) is 1.87. The largest absolute Gasteiger partial charge is 0.464 e. The van der Waals surface area contributed by atoms with Crippen molar-refractivity contribution < 1.29 is 14.0 Å². The van der Waals surface area contributed by atoms with Gasteiger partial charge in [-0.3, -0.25) is 9.59 Å². The minimum Gasteiger partial charge on any atom is -0.464 e. The van der Waals surface area contributed by atoms with Crippen molar-refractivity contribution in [3.05, 3.63) is 60.6 Å². The number of nitrogens with two attached hydrogens (primary N) is 1. The second-order valence-corrected chi connectivity index (χ2v) is 11.3. The number of aromatic nitrogens is 4. The first-order valence-electron chi connectivity index (χ1n) is 13.4. The number of amides is 2. The van der Waals surface area contributed by atoms with Crippen molar-refractivity contribution in [1.29, 1.82) is 0 Å². The molecule has 0 bridgehead atoms. The molecule has 2 aliphatic rings. The Balaban J connectivity index is 1.27. The smallest absolute Gasteiger partial charge is 0.248 e. The number of fused-ring (bicyclic) bond motifs is 4. The summed E-state index contributed by atoms with van der Waals surface area (Å²) in [5, 5.41) is 4.47. The highest BCUT2D eigenvalue weighted by atomic mass is 16.3. The highest BCUT2D eigenvalue weighted by Crippen LogP contribution is 2.59. The number of pyridine rings is 1. The quantitative estimate of drug-likeness (QED) is 0.332. The molecule has 1 saturated heterocycles. The van der Waals surface area contributed by atoms with Crippen LogP contribution in [-0.2, 0) is 16.1 Å². The number of nitrogen functional groups attached to an aromatic ring is 1. The number of rotatable bonds is 5. The first-order valence-corrected chi connectivity index (χ1v) is 13.4. The van der Waals surface area contributed by atoms with E-state index in [0.29, 0.717) is 29.1 Å². The van der Waals surface area contributed by atoms with Crippen molar-refractivity contribution in [2.75, 3.05) is 11.1 Å². The summed E-state index contributed by atoms with van der Waals surface area (Å²) in [5.74, 6) is 1.22. The van der Waals surface area contributed by atoms with Gasteiger partial charge in [0.2, 0.25) is 11.8 Å². The summed E-state index contributed by atoms with van der Waals surface area (Å²) in [6, 6.07) is 12.7. The van der Waals surface area contributed by atoms with E-state index in [1.165, 1.54) is 6.33 Å². The molecule has 1 saturated carbocycles. The molecule has 1 aliphatic carbocycles. The van der Waals surface area contributed by atoms with E-state index < -0.39 is 6.04 Å². The zero-order chi connectivity index (χ0) is 27.8. The molecule has 11 heteroatoms. The summed E-state index contributed by atoms with van der Waals surface area (Å²) in [6.45, 7) is 4.17. The Bertz CT molecular complexity index is 1830. The Morgan fingerprint density at radius 3 is 2.83 bits per heavy atom. The molecule has 1 aromatic carbocycles. The number of nitrogens with one attached hydrogen (secondary N) is 1. The van der Waals surface area contributed by atoms with Crippen molar-refractivity contribution >= 4 is 58.8 Å². The predicted octanol–water partition coefficient (Wildman–Crippen LogP) is 2.41. The lowest BCUT2D eigenvalue weighted by molar-refractivity contribution is -0.138. The SMILES string of the molecule is Bc1cccc(NC(=O)[C@@H]2C[C@@]3(C)C[C@H]3N2C(=O)Cn2c3ncnc(N)c3c3cc(-c4ccco4)cc(C)c32)n1. The van der Waals surface area contributed by atoms with Crippen molar-refractivity contribution in [3.63, 3.8) is 0 Å². The first-order chi connectivity index (χ1) is 19.2. The van der Waals surface area contributed by atoms with Gasteiger partial charge in [-0.25, -0.2) is 15.0 Å². The fourth-order valence-electron chi connectivity index (χ4n) is 6.43. The van der Waals surface area contributed by atoms with Gasteiger partial charge in [-0.1, -0.05) is 19.1 Å². The van der Waals surface area contributed by atoms with Gasteiger partial charge in [-0.05, 0) is 66.7 Å². The van der Waals surface area contributed by atoms with Crippen molar-refractivity contribution in [3.8, 4) is 11.3 Å². The Kier molecular flexibility index (Phi) is 5.28. The molecule has 5 aromatic rings. The minimum atomic E-state index is -0.571. The summed E-state index contributed by atoms with van der Waals surface area (Å²) >= 11 is 0. The molecule has 10 nitrogen and oxygen atoms in total. The van der Waals surface area contributed by atoms with Crippen molar-refractivity contribution in [2.45, 2.75) is 45.3 Å². The van der Waals surface area contributed by atoms with Gasteiger partial charge in [0.1, 0.15) is 42.0 Å². The Labute approximate surface area is 231 Å². The van der Waals surface area contributed by atoms with Crippen LogP contribution in [0.1, 0.15) is 25.3 Å². The molecule has 0 spiro atoms. The van der Waals surface area contributed by atoms with E-state index in [9.17, 15) is 9.59 Å². The lowest BCUT2D eigenvalue weighted by Crippen LogP contribution is -2.46. The molecular weight excluding hydrogens is 505 g/mol. The number of carbonyl (C=O) groups is 2. The van der Waals surface area contributed by atoms with Crippen LogP contribution >= 0.6 is 0 Å². The average molecular weight is 533 g/mol. The third kappa shape index (κ3) is 3.76. The van der Waals surface area contributed by atoms with Crippen LogP contribution in [0.25, 0.3) is 33.3 Å². The van der Waals surface area contributed by atoms with Crippen LogP contribution in [0.15, 0.2) is 59.5 Å². The van der Waals surface area contributed by atoms with Crippen LogP contribution in [0.5, 0.6) is 0 Å². The minimum absolute atomic E-state index is 0.0243. The van der Waals surface area contributed by atoms with Gasteiger partial charge in [-0.2, -0.15) is 0 Å². The van der Waals surface area contributed by atoms with Crippen molar-refractivity contribution in [2.24, 2.45) is 5.41 Å². The third-order valence-electron chi connectivity index (χ3n) is 8.42. The summed E-state index contributed by atoms with van der Waals surface area (Å²) in [6.07, 6.45) is 4.56. The molecule has 0 unspecified atom stereocenters. The van der Waals surface area contributed by atoms with Crippen LogP contribution in [-0.4, -0.2) is 56.2 Å². The third-order valence-corrected chi connectivity index (χ3v) is 8.42. The molecule has 5 heterocycles. The molecule has 1 aliphatic heterocycles. The van der Waals surface area contributed by atoms with Gasteiger partial charge in [0, 0.05) is 17.0 Å². The van der Waals surface area contributed by atoms with Gasteiger partial charge in [0.15, 0.2) is 7.85 Å². The maximum atomic E-state index is 14.1. The maximum absolute atomic E-state index is 14.1. The average Bonchev–Trinajstić information content (AvgIpc) is 3.29. The molecule has 2 fully saturated rings. The Hall–Kier alpha value is -4.67. The fourth-order valence-corrected chi connectivity index (χ4v) is 6.43. The molecule has 2 amide bonds. The van der Waals surface area contributed by atoms with E-state index in [0.717, 1.165) is 39.8 Å². The number of aryl methyl sites for hydroxylation is 1. The van der Waals surface area contributed by atoms with Crippen LogP contribution in [0.4, 0.5) is 11.6 Å². The summed E-state index contributed by atoms with van der Waals surface area (Å²) in [5.41, 5.74) is 10.4. The Morgan fingerprint density at radius 2 is 2.05 bits per heavy atom. The monoisotopic (exact) mass is 533 g/mol. The molecular formula is C29H28BN7O3. The van der Waals surface area contributed by atoms with Crippen LogP contribution < -0.4 is 16.6 Å². The number of nitrogens with zero attached hydrogens (tertiary/aromatic N) is 5. The lowest BCUT2D eigenvalue weighted by Gasteiger charge is -2.27. The van der Waals surface area contributed by atoms with E-state index >= 15 is 0 Å². The number of likely N-dealkylation sites (tertiary alicyclic amines) is 1. The maximum Gasteiger partial charge on any atom is 0.248 e. The molecule has 4 aromatic heterocycles. The molecule has 3 atom stereocenters. The number of furan rings is 1. The van der Waals surface area contributed by atoms with E-state index in [-0.39, 0.29) is 29.8 Å². The van der Waals surface area contributed by atoms with Gasteiger partial charge in [0.25, 0.3) is 0 Å². The molecule has 3 N–H and O–H groups in total. The topological polar surface area (TPSA) is 132 Å². The molecule has 200 valence electrons. The summed E-state index contributed by atoms with van der Waals surface area (Å²) < 4.78 is 7.55. The zero-order valence-corrected chi connectivity index (χ0v) is 22.5. The van der Waals surface area contributed by atoms with Crippen LogP contribution in [0.2, 0.25) is 0 Å². The highest BCUT2D eigenvalue weighted by Gasteiger charge is 2.64.